The fourth-order valence-electron chi connectivity index (χ4n) is 1.66. The predicted octanol–water partition coefficient (Wildman–Crippen LogP) is 2.11. The number of methoxy groups -OCH3 is 1. The van der Waals surface area contributed by atoms with Gasteiger partial charge in [-0.05, 0) is 24.6 Å². The Hall–Kier alpha value is -2.19. The van der Waals surface area contributed by atoms with Crippen LogP contribution in [0.1, 0.15) is 29.8 Å². The van der Waals surface area contributed by atoms with E-state index in [0.29, 0.717) is 30.1 Å². The van der Waals surface area contributed by atoms with Gasteiger partial charge in [-0.25, -0.2) is 0 Å². The second-order valence-electron chi connectivity index (χ2n) is 4.34. The monoisotopic (exact) mass is 257 g/mol. The summed E-state index contributed by atoms with van der Waals surface area (Å²) in [6.45, 7) is 1.96. The van der Waals surface area contributed by atoms with Gasteiger partial charge < -0.3 is 9.26 Å². The lowest BCUT2D eigenvalue weighted by molar-refractivity contribution is 0.116. The number of nitriles is 1. The molecule has 0 N–H and O–H groups in total. The zero-order chi connectivity index (χ0) is 13.7. The van der Waals surface area contributed by atoms with Gasteiger partial charge in [0.2, 0.25) is 5.89 Å². The maximum atomic E-state index is 8.73. The van der Waals surface area contributed by atoms with Crippen molar-refractivity contribution in [3.05, 3.63) is 47.1 Å². The molecule has 1 aromatic carbocycles. The number of nitrogens with zero attached hydrogens (tertiary/aromatic N) is 3. The lowest BCUT2D eigenvalue weighted by atomic mass is 10.1. The summed E-state index contributed by atoms with van der Waals surface area (Å²) < 4.78 is 10.3. The average molecular weight is 257 g/mol. The molecule has 2 aromatic rings. The van der Waals surface area contributed by atoms with Gasteiger partial charge >= 0.3 is 0 Å². The maximum absolute atomic E-state index is 8.73. The smallest absolute Gasteiger partial charge is 0.231 e. The first-order chi connectivity index (χ1) is 9.21. The molecule has 0 spiro atoms. The third-order valence-corrected chi connectivity index (χ3v) is 2.82. The van der Waals surface area contributed by atoms with Crippen LogP contribution in [0.2, 0.25) is 0 Å². The minimum Gasteiger partial charge on any atom is -0.381 e. The van der Waals surface area contributed by atoms with E-state index < -0.39 is 0 Å². The molecule has 0 radical (unpaired) electrons. The maximum Gasteiger partial charge on any atom is 0.231 e. The Labute approximate surface area is 111 Å². The Balaban J connectivity index is 2.01. The first-order valence-corrected chi connectivity index (χ1v) is 6.04. The Bertz CT molecular complexity index is 569. The van der Waals surface area contributed by atoms with Gasteiger partial charge in [0.05, 0.1) is 24.2 Å². The topological polar surface area (TPSA) is 71.9 Å². The third kappa shape index (κ3) is 3.63. The summed E-state index contributed by atoms with van der Waals surface area (Å²) in [6.07, 6.45) is 1.27. The Kier molecular flexibility index (Phi) is 4.26. The van der Waals surface area contributed by atoms with Gasteiger partial charge in [0.1, 0.15) is 0 Å². The van der Waals surface area contributed by atoms with Gasteiger partial charge in [0.15, 0.2) is 5.82 Å². The molecule has 98 valence electrons. The number of aromatic nitrogens is 2. The molecule has 1 atom stereocenters. The van der Waals surface area contributed by atoms with Crippen LogP contribution in [0.3, 0.4) is 0 Å². The van der Waals surface area contributed by atoms with E-state index in [-0.39, 0.29) is 6.10 Å². The summed E-state index contributed by atoms with van der Waals surface area (Å²) in [5, 5.41) is 12.6. The van der Waals surface area contributed by atoms with E-state index in [4.69, 9.17) is 14.5 Å². The van der Waals surface area contributed by atoms with E-state index in [2.05, 4.69) is 16.2 Å². The first kappa shape index (κ1) is 13.2. The van der Waals surface area contributed by atoms with Gasteiger partial charge in [0, 0.05) is 13.5 Å². The molecule has 0 aliphatic carbocycles. The average Bonchev–Trinajstić information content (AvgIpc) is 2.86. The van der Waals surface area contributed by atoms with Crippen LogP contribution in [0.5, 0.6) is 0 Å². The number of ether oxygens (including phenoxy) is 1. The van der Waals surface area contributed by atoms with Crippen LogP contribution in [-0.2, 0) is 17.6 Å². The number of hydrogen-bond acceptors (Lipinski definition) is 5. The highest BCUT2D eigenvalue weighted by Gasteiger charge is 2.10. The SMILES string of the molecule is COC(C)Cc1noc(Cc2ccc(C#N)cc2)n1. The fraction of sp³-hybridized carbons (Fsp3) is 0.357. The largest absolute Gasteiger partial charge is 0.381 e. The lowest BCUT2D eigenvalue weighted by Gasteiger charge is -2.03. The van der Waals surface area contributed by atoms with Crippen molar-refractivity contribution in [3.8, 4) is 6.07 Å². The molecule has 0 amide bonds. The molecule has 0 saturated carbocycles. The highest BCUT2D eigenvalue weighted by atomic mass is 16.5. The van der Waals surface area contributed by atoms with E-state index >= 15 is 0 Å². The molecule has 0 saturated heterocycles. The molecule has 0 aliphatic heterocycles. The van der Waals surface area contributed by atoms with Gasteiger partial charge in [-0.2, -0.15) is 10.2 Å². The molecule has 1 heterocycles. The van der Waals surface area contributed by atoms with E-state index in [1.807, 2.05) is 19.1 Å². The Morgan fingerprint density at radius 1 is 1.37 bits per heavy atom. The highest BCUT2D eigenvalue weighted by molar-refractivity contribution is 5.32. The van der Waals surface area contributed by atoms with Gasteiger partial charge in [-0.15, -0.1) is 0 Å². The summed E-state index contributed by atoms with van der Waals surface area (Å²) in [4.78, 5) is 4.31. The lowest BCUT2D eigenvalue weighted by Crippen LogP contribution is -2.09. The zero-order valence-corrected chi connectivity index (χ0v) is 11.0. The van der Waals surface area contributed by atoms with E-state index in [1.54, 1.807) is 19.2 Å². The van der Waals surface area contributed by atoms with Crippen molar-refractivity contribution in [1.29, 1.82) is 5.26 Å². The Morgan fingerprint density at radius 2 is 2.11 bits per heavy atom. The quantitative estimate of drug-likeness (QED) is 0.820. The van der Waals surface area contributed by atoms with Crippen molar-refractivity contribution in [2.45, 2.75) is 25.9 Å². The molecule has 5 nitrogen and oxygen atoms in total. The van der Waals surface area contributed by atoms with Crippen LogP contribution in [0.4, 0.5) is 0 Å². The van der Waals surface area contributed by atoms with Gasteiger partial charge in [0.25, 0.3) is 0 Å². The van der Waals surface area contributed by atoms with Crippen molar-refractivity contribution in [2.24, 2.45) is 0 Å². The summed E-state index contributed by atoms with van der Waals surface area (Å²) in [5.41, 5.74) is 1.68. The summed E-state index contributed by atoms with van der Waals surface area (Å²) >= 11 is 0. The molecular formula is C14H15N3O2. The third-order valence-electron chi connectivity index (χ3n) is 2.82. The minimum atomic E-state index is 0.0698. The molecule has 0 aliphatic rings. The predicted molar refractivity (Wildman–Crippen MR) is 68.4 cm³/mol. The standard InChI is InChI=1S/C14H15N3O2/c1-10(18-2)7-13-16-14(19-17-13)8-11-3-5-12(9-15)6-4-11/h3-6,10H,7-8H2,1-2H3. The molecular weight excluding hydrogens is 242 g/mol. The second-order valence-corrected chi connectivity index (χ2v) is 4.34. The van der Waals surface area contributed by atoms with Crippen molar-refractivity contribution in [3.63, 3.8) is 0 Å². The van der Waals surface area contributed by atoms with E-state index in [1.165, 1.54) is 0 Å². The van der Waals surface area contributed by atoms with Crippen molar-refractivity contribution in [1.82, 2.24) is 10.1 Å². The van der Waals surface area contributed by atoms with Crippen molar-refractivity contribution < 1.29 is 9.26 Å². The van der Waals surface area contributed by atoms with Gasteiger partial charge in [-0.3, -0.25) is 0 Å². The van der Waals surface area contributed by atoms with Crippen LogP contribution in [-0.4, -0.2) is 23.4 Å². The van der Waals surface area contributed by atoms with Crippen LogP contribution < -0.4 is 0 Å². The second kappa shape index (κ2) is 6.12. The first-order valence-electron chi connectivity index (χ1n) is 6.04. The van der Waals surface area contributed by atoms with Crippen LogP contribution in [0.25, 0.3) is 0 Å². The molecule has 5 heteroatoms. The van der Waals surface area contributed by atoms with Gasteiger partial charge in [-0.1, -0.05) is 17.3 Å². The van der Waals surface area contributed by atoms with E-state index in [9.17, 15) is 0 Å². The number of benzene rings is 1. The normalized spacial score (nSPS) is 12.1. The van der Waals surface area contributed by atoms with Crippen LogP contribution in [0, 0.1) is 11.3 Å². The number of rotatable bonds is 5. The van der Waals surface area contributed by atoms with Crippen LogP contribution in [0.15, 0.2) is 28.8 Å². The molecule has 2 rings (SSSR count). The highest BCUT2D eigenvalue weighted by Crippen LogP contribution is 2.10. The molecule has 0 fully saturated rings. The molecule has 1 unspecified atom stereocenters. The van der Waals surface area contributed by atoms with Crippen molar-refractivity contribution >= 4 is 0 Å². The Morgan fingerprint density at radius 3 is 2.74 bits per heavy atom. The number of hydrogen-bond donors (Lipinski definition) is 0. The molecule has 0 bridgehead atoms. The summed E-state index contributed by atoms with van der Waals surface area (Å²) in [5.74, 6) is 1.22. The molecule has 1 aromatic heterocycles. The minimum absolute atomic E-state index is 0.0698. The van der Waals surface area contributed by atoms with Crippen molar-refractivity contribution in [2.75, 3.05) is 7.11 Å². The summed E-state index contributed by atoms with van der Waals surface area (Å²) in [6, 6.07) is 9.42. The summed E-state index contributed by atoms with van der Waals surface area (Å²) in [7, 11) is 1.66. The van der Waals surface area contributed by atoms with Crippen LogP contribution >= 0.6 is 0 Å². The zero-order valence-electron chi connectivity index (χ0n) is 11.0. The molecule has 19 heavy (non-hydrogen) atoms. The van der Waals surface area contributed by atoms with E-state index in [0.717, 1.165) is 5.56 Å². The fourth-order valence-corrected chi connectivity index (χ4v) is 1.66.